The largest absolute Gasteiger partial charge is 0.490 e. The van der Waals surface area contributed by atoms with Crippen LogP contribution in [-0.2, 0) is 22.3 Å². The van der Waals surface area contributed by atoms with Crippen molar-refractivity contribution in [3.63, 3.8) is 0 Å². The van der Waals surface area contributed by atoms with Crippen LogP contribution in [0.1, 0.15) is 31.9 Å². The third kappa shape index (κ3) is 4.83. The van der Waals surface area contributed by atoms with Crippen LogP contribution in [0.25, 0.3) is 10.4 Å². The Kier molecular flexibility index (Phi) is 6.44. The summed E-state index contributed by atoms with van der Waals surface area (Å²) in [6.07, 6.45) is 1.36. The molecule has 3 heterocycles. The van der Waals surface area contributed by atoms with Gasteiger partial charge in [0.05, 0.1) is 18.8 Å². The molecule has 31 heavy (non-hydrogen) atoms. The summed E-state index contributed by atoms with van der Waals surface area (Å²) >= 11 is 1.75. The molecule has 0 unspecified atom stereocenters. The highest BCUT2D eigenvalue weighted by molar-refractivity contribution is 7.13. The molecule has 0 atom stereocenters. The first-order valence-corrected chi connectivity index (χ1v) is 11.8. The average molecular weight is 445 g/mol. The molecule has 1 aromatic heterocycles. The Morgan fingerprint density at radius 2 is 2.03 bits per heavy atom. The maximum absolute atomic E-state index is 12.7. The van der Waals surface area contributed by atoms with E-state index in [1.807, 2.05) is 25.7 Å². The van der Waals surface area contributed by atoms with E-state index < -0.39 is 5.60 Å². The second-order valence-electron chi connectivity index (χ2n) is 9.01. The van der Waals surface area contributed by atoms with Gasteiger partial charge in [0.2, 0.25) is 0 Å². The van der Waals surface area contributed by atoms with Gasteiger partial charge in [0.1, 0.15) is 18.0 Å². The normalized spacial score (nSPS) is 16.3. The van der Waals surface area contributed by atoms with Crippen LogP contribution in [0, 0.1) is 0 Å². The van der Waals surface area contributed by atoms with Gasteiger partial charge in [-0.15, -0.1) is 11.3 Å². The van der Waals surface area contributed by atoms with E-state index >= 15 is 0 Å². The Morgan fingerprint density at radius 1 is 1.23 bits per heavy atom. The maximum Gasteiger partial charge on any atom is 0.410 e. The molecule has 0 N–H and O–H groups in total. The number of hydrogen-bond acceptors (Lipinski definition) is 6. The van der Waals surface area contributed by atoms with Gasteiger partial charge in [-0.1, -0.05) is 6.07 Å². The van der Waals surface area contributed by atoms with Crippen molar-refractivity contribution in [2.75, 3.05) is 51.4 Å². The summed E-state index contributed by atoms with van der Waals surface area (Å²) in [5.74, 6) is 0.940. The van der Waals surface area contributed by atoms with Crippen LogP contribution in [0.2, 0.25) is 0 Å². The van der Waals surface area contributed by atoms with Crippen LogP contribution in [0.4, 0.5) is 10.5 Å². The van der Waals surface area contributed by atoms with Crippen molar-refractivity contribution < 1.29 is 19.0 Å². The number of carbonyl (C=O) groups is 1. The van der Waals surface area contributed by atoms with Crippen molar-refractivity contribution in [3.05, 3.63) is 34.7 Å². The molecule has 2 aliphatic heterocycles. The highest BCUT2D eigenvalue weighted by Crippen LogP contribution is 2.46. The fraction of sp³-hybridized carbons (Fsp3) is 0.542. The molecule has 6 nitrogen and oxygen atoms in total. The predicted octanol–water partition coefficient (Wildman–Crippen LogP) is 4.60. The van der Waals surface area contributed by atoms with Crippen LogP contribution in [0.5, 0.6) is 5.75 Å². The van der Waals surface area contributed by atoms with Crippen molar-refractivity contribution in [1.82, 2.24) is 4.90 Å². The zero-order valence-corrected chi connectivity index (χ0v) is 19.7. The number of nitrogens with zero attached hydrogens (tertiary/aromatic N) is 2. The number of hydrogen-bond donors (Lipinski definition) is 0. The summed E-state index contributed by atoms with van der Waals surface area (Å²) in [6, 6.07) is 6.47. The molecule has 168 valence electrons. The van der Waals surface area contributed by atoms with E-state index in [-0.39, 0.29) is 6.09 Å². The molecular formula is C24H32N2O4S. The van der Waals surface area contributed by atoms with Gasteiger partial charge in [-0.3, -0.25) is 0 Å². The summed E-state index contributed by atoms with van der Waals surface area (Å²) < 4.78 is 17.1. The van der Waals surface area contributed by atoms with Crippen LogP contribution < -0.4 is 9.64 Å². The highest BCUT2D eigenvalue weighted by Gasteiger charge is 2.30. The standard InChI is InChI=1S/C24H32N2O4S/c1-24(2,3)30-23(27)26-9-7-17-16-19-22(25(11-13-28-4)12-14-29-19)21(18(17)8-10-26)20-6-5-15-31-20/h5-6,15-16H,7-14H2,1-4H3. The van der Waals surface area contributed by atoms with E-state index in [1.54, 1.807) is 18.4 Å². The molecule has 0 aliphatic carbocycles. The molecular weight excluding hydrogens is 412 g/mol. The lowest BCUT2D eigenvalue weighted by molar-refractivity contribution is 0.0258. The summed E-state index contributed by atoms with van der Waals surface area (Å²) in [5, 5.41) is 2.12. The quantitative estimate of drug-likeness (QED) is 0.690. The van der Waals surface area contributed by atoms with Crippen molar-refractivity contribution in [3.8, 4) is 16.2 Å². The first-order valence-electron chi connectivity index (χ1n) is 10.9. The Morgan fingerprint density at radius 3 is 2.74 bits per heavy atom. The fourth-order valence-corrected chi connectivity index (χ4v) is 5.08. The highest BCUT2D eigenvalue weighted by atomic mass is 32.1. The summed E-state index contributed by atoms with van der Waals surface area (Å²) in [4.78, 5) is 18.2. The van der Waals surface area contributed by atoms with E-state index in [2.05, 4.69) is 28.5 Å². The van der Waals surface area contributed by atoms with Gasteiger partial charge in [0, 0.05) is 37.2 Å². The van der Waals surface area contributed by atoms with Crippen molar-refractivity contribution in [2.24, 2.45) is 0 Å². The molecule has 7 heteroatoms. The molecule has 2 aromatic rings. The van der Waals surface area contributed by atoms with E-state index in [4.69, 9.17) is 14.2 Å². The minimum absolute atomic E-state index is 0.235. The van der Waals surface area contributed by atoms with Crippen LogP contribution >= 0.6 is 11.3 Å². The maximum atomic E-state index is 12.7. The summed E-state index contributed by atoms with van der Waals surface area (Å²) in [6.45, 7) is 10.0. The second-order valence-corrected chi connectivity index (χ2v) is 9.96. The van der Waals surface area contributed by atoms with Gasteiger partial charge < -0.3 is 24.0 Å². The zero-order valence-electron chi connectivity index (χ0n) is 18.9. The van der Waals surface area contributed by atoms with Gasteiger partial charge in [-0.25, -0.2) is 4.79 Å². The van der Waals surface area contributed by atoms with Gasteiger partial charge in [-0.2, -0.15) is 0 Å². The number of methoxy groups -OCH3 is 1. The van der Waals surface area contributed by atoms with Gasteiger partial charge >= 0.3 is 6.09 Å². The molecule has 0 spiro atoms. The first-order chi connectivity index (χ1) is 14.9. The van der Waals surface area contributed by atoms with Crippen molar-refractivity contribution in [2.45, 2.75) is 39.2 Å². The lowest BCUT2D eigenvalue weighted by Crippen LogP contribution is -2.38. The van der Waals surface area contributed by atoms with Gasteiger partial charge in [0.25, 0.3) is 0 Å². The fourth-order valence-electron chi connectivity index (χ4n) is 4.28. The Bertz CT molecular complexity index is 921. The third-order valence-corrected chi connectivity index (χ3v) is 6.55. The number of benzene rings is 1. The Balaban J connectivity index is 1.72. The minimum atomic E-state index is -0.493. The van der Waals surface area contributed by atoms with Crippen LogP contribution in [-0.4, -0.2) is 63.1 Å². The van der Waals surface area contributed by atoms with E-state index in [1.165, 1.54) is 21.6 Å². The lowest BCUT2D eigenvalue weighted by Gasteiger charge is -2.34. The molecule has 0 bridgehead atoms. The third-order valence-electron chi connectivity index (χ3n) is 5.67. The van der Waals surface area contributed by atoms with Crippen molar-refractivity contribution in [1.29, 1.82) is 0 Å². The van der Waals surface area contributed by atoms with Crippen molar-refractivity contribution >= 4 is 23.1 Å². The minimum Gasteiger partial charge on any atom is -0.490 e. The molecule has 0 saturated heterocycles. The van der Waals surface area contributed by atoms with Crippen LogP contribution in [0.3, 0.4) is 0 Å². The number of anilines is 1. The first kappa shape index (κ1) is 22.0. The number of amides is 1. The molecule has 4 rings (SSSR count). The molecule has 0 saturated carbocycles. The molecule has 1 amide bonds. The SMILES string of the molecule is COCCN1CCOc2cc3c(c(-c4cccs4)c21)CCN(C(=O)OC(C)(C)C)CC3. The van der Waals surface area contributed by atoms with E-state index in [9.17, 15) is 4.79 Å². The Labute approximate surface area is 188 Å². The number of carbonyl (C=O) groups excluding carboxylic acids is 1. The second kappa shape index (κ2) is 9.09. The summed E-state index contributed by atoms with van der Waals surface area (Å²) in [7, 11) is 1.74. The molecule has 1 aromatic carbocycles. The van der Waals surface area contributed by atoms with Crippen LogP contribution in [0.15, 0.2) is 23.6 Å². The number of ether oxygens (including phenoxy) is 3. The Hall–Kier alpha value is -2.25. The average Bonchev–Trinajstić information content (AvgIpc) is 3.16. The zero-order chi connectivity index (χ0) is 22.0. The smallest absolute Gasteiger partial charge is 0.410 e. The van der Waals surface area contributed by atoms with Gasteiger partial charge in [0.15, 0.2) is 0 Å². The number of thiophene rings is 1. The predicted molar refractivity (Wildman–Crippen MR) is 125 cm³/mol. The lowest BCUT2D eigenvalue weighted by atomic mass is 9.92. The summed E-state index contributed by atoms with van der Waals surface area (Å²) in [5.41, 5.74) is 4.51. The molecule has 0 fully saturated rings. The topological polar surface area (TPSA) is 51.2 Å². The number of rotatable bonds is 4. The van der Waals surface area contributed by atoms with E-state index in [0.717, 1.165) is 37.4 Å². The number of fused-ring (bicyclic) bond motifs is 2. The molecule has 2 aliphatic rings. The monoisotopic (exact) mass is 444 g/mol. The van der Waals surface area contributed by atoms with E-state index in [0.29, 0.717) is 26.3 Å². The van der Waals surface area contributed by atoms with Gasteiger partial charge in [-0.05, 0) is 62.3 Å². The molecule has 0 radical (unpaired) electrons.